The van der Waals surface area contributed by atoms with Gasteiger partial charge in [-0.2, -0.15) is 0 Å². The van der Waals surface area contributed by atoms with Crippen LogP contribution in [-0.2, 0) is 0 Å². The Kier molecular flexibility index (Phi) is 2.56. The van der Waals surface area contributed by atoms with E-state index in [0.29, 0.717) is 17.0 Å². The van der Waals surface area contributed by atoms with Crippen LogP contribution >= 0.6 is 0 Å². The quantitative estimate of drug-likeness (QED) is 0.556. The molecule has 0 bridgehead atoms. The summed E-state index contributed by atoms with van der Waals surface area (Å²) >= 11 is 0. The van der Waals surface area contributed by atoms with Crippen LogP contribution in [-0.4, -0.2) is 12.9 Å². The van der Waals surface area contributed by atoms with Crippen molar-refractivity contribution >= 4 is 11.5 Å². The Morgan fingerprint density at radius 2 is 2.08 bits per heavy atom. The maximum atomic E-state index is 11.2. The van der Waals surface area contributed by atoms with Gasteiger partial charge in [0, 0.05) is 0 Å². The number of nitrogen functional groups attached to an aromatic ring is 1. The summed E-state index contributed by atoms with van der Waals surface area (Å²) in [6.07, 6.45) is 0. The fourth-order valence-corrected chi connectivity index (χ4v) is 1.20. The molecule has 0 fully saturated rings. The first kappa shape index (κ1) is 9.58. The Bertz CT molecular complexity index is 345. The average molecular weight is 179 g/mol. The average Bonchev–Trinajstić information content (AvgIpc) is 2.09. The lowest BCUT2D eigenvalue weighted by molar-refractivity contribution is 0.101. The first-order valence-corrected chi connectivity index (χ1v) is 4.02. The summed E-state index contributed by atoms with van der Waals surface area (Å²) in [5.74, 6) is 0.441. The molecule has 3 nitrogen and oxygen atoms in total. The van der Waals surface area contributed by atoms with E-state index in [0.717, 1.165) is 5.56 Å². The molecule has 0 radical (unpaired) electrons. The number of benzene rings is 1. The van der Waals surface area contributed by atoms with Gasteiger partial charge in [0.1, 0.15) is 0 Å². The lowest BCUT2D eigenvalue weighted by Crippen LogP contribution is -2.02. The Morgan fingerprint density at radius 1 is 1.46 bits per heavy atom. The second-order valence-corrected chi connectivity index (χ2v) is 2.93. The molecule has 0 amide bonds. The van der Waals surface area contributed by atoms with Crippen molar-refractivity contribution in [1.29, 1.82) is 0 Å². The van der Waals surface area contributed by atoms with Crippen LogP contribution < -0.4 is 10.5 Å². The third kappa shape index (κ3) is 1.64. The van der Waals surface area contributed by atoms with Gasteiger partial charge >= 0.3 is 0 Å². The zero-order valence-corrected chi connectivity index (χ0v) is 8.05. The number of nitrogens with two attached hydrogens (primary N) is 1. The zero-order valence-electron chi connectivity index (χ0n) is 8.05. The van der Waals surface area contributed by atoms with Crippen molar-refractivity contribution in [1.82, 2.24) is 0 Å². The second kappa shape index (κ2) is 3.47. The van der Waals surface area contributed by atoms with E-state index in [1.165, 1.54) is 14.0 Å². The monoisotopic (exact) mass is 179 g/mol. The summed E-state index contributed by atoms with van der Waals surface area (Å²) in [4.78, 5) is 11.2. The van der Waals surface area contributed by atoms with Crippen LogP contribution in [0.2, 0.25) is 0 Å². The molecule has 0 saturated carbocycles. The van der Waals surface area contributed by atoms with Crippen molar-refractivity contribution in [2.24, 2.45) is 0 Å². The third-order valence-corrected chi connectivity index (χ3v) is 2.00. The van der Waals surface area contributed by atoms with Crippen LogP contribution in [0.15, 0.2) is 12.1 Å². The number of carbonyl (C=O) groups excluding carboxylic acids is 1. The molecule has 1 aromatic rings. The van der Waals surface area contributed by atoms with Crippen molar-refractivity contribution in [3.63, 3.8) is 0 Å². The molecular weight excluding hydrogens is 166 g/mol. The summed E-state index contributed by atoms with van der Waals surface area (Å²) in [6.45, 7) is 3.37. The van der Waals surface area contributed by atoms with Gasteiger partial charge in [-0.15, -0.1) is 0 Å². The molecular formula is C10H13NO2. The fourth-order valence-electron chi connectivity index (χ4n) is 1.20. The van der Waals surface area contributed by atoms with Crippen LogP contribution in [0.3, 0.4) is 0 Å². The minimum atomic E-state index is -0.0384. The molecule has 0 aliphatic rings. The van der Waals surface area contributed by atoms with Gasteiger partial charge in [0.2, 0.25) is 0 Å². The molecule has 0 spiro atoms. The van der Waals surface area contributed by atoms with E-state index in [4.69, 9.17) is 10.5 Å². The van der Waals surface area contributed by atoms with E-state index in [-0.39, 0.29) is 5.78 Å². The Morgan fingerprint density at radius 3 is 2.54 bits per heavy atom. The molecule has 0 heterocycles. The van der Waals surface area contributed by atoms with Crippen LogP contribution in [0, 0.1) is 6.92 Å². The van der Waals surface area contributed by atoms with Gasteiger partial charge in [-0.1, -0.05) is 6.07 Å². The number of hydrogen-bond donors (Lipinski definition) is 1. The molecule has 3 heteroatoms. The topological polar surface area (TPSA) is 52.3 Å². The van der Waals surface area contributed by atoms with Crippen molar-refractivity contribution in [2.45, 2.75) is 13.8 Å². The number of Topliss-reactive ketones (excluding diaryl/α,β-unsaturated/α-hetero) is 1. The van der Waals surface area contributed by atoms with Gasteiger partial charge in [-0.05, 0) is 25.5 Å². The first-order chi connectivity index (χ1) is 6.07. The number of aryl methyl sites for hydroxylation is 1. The minimum absolute atomic E-state index is 0.0384. The van der Waals surface area contributed by atoms with Crippen LogP contribution in [0.4, 0.5) is 5.69 Å². The summed E-state index contributed by atoms with van der Waals surface area (Å²) in [6, 6.07) is 3.54. The van der Waals surface area contributed by atoms with Gasteiger partial charge in [0.05, 0.1) is 18.4 Å². The standard InChI is InChI=1S/C10H13NO2/c1-6-4-5-8(7(2)12)10(13-3)9(6)11/h4-5H,11H2,1-3H3. The van der Waals surface area contributed by atoms with Crippen LogP contribution in [0.1, 0.15) is 22.8 Å². The number of ketones is 1. The number of anilines is 1. The van der Waals surface area contributed by atoms with Crippen molar-refractivity contribution in [3.05, 3.63) is 23.3 Å². The third-order valence-electron chi connectivity index (χ3n) is 2.00. The molecule has 0 aliphatic heterocycles. The number of rotatable bonds is 2. The highest BCUT2D eigenvalue weighted by atomic mass is 16.5. The van der Waals surface area contributed by atoms with Gasteiger partial charge < -0.3 is 10.5 Å². The molecule has 0 aliphatic carbocycles. The lowest BCUT2D eigenvalue weighted by atomic mass is 10.1. The molecule has 0 unspecified atom stereocenters. The maximum absolute atomic E-state index is 11.2. The van der Waals surface area contributed by atoms with Crippen molar-refractivity contribution < 1.29 is 9.53 Å². The number of hydrogen-bond acceptors (Lipinski definition) is 3. The fraction of sp³-hybridized carbons (Fsp3) is 0.300. The van der Waals surface area contributed by atoms with Crippen LogP contribution in [0.25, 0.3) is 0 Å². The number of carbonyl (C=O) groups is 1. The summed E-state index contributed by atoms with van der Waals surface area (Å²) in [7, 11) is 1.51. The summed E-state index contributed by atoms with van der Waals surface area (Å²) < 4.78 is 5.07. The highest BCUT2D eigenvalue weighted by molar-refractivity contribution is 5.98. The minimum Gasteiger partial charge on any atom is -0.494 e. The second-order valence-electron chi connectivity index (χ2n) is 2.93. The van der Waals surface area contributed by atoms with E-state index in [9.17, 15) is 4.79 Å². The highest BCUT2D eigenvalue weighted by Gasteiger charge is 2.11. The SMILES string of the molecule is COc1c(C(C)=O)ccc(C)c1N. The van der Waals surface area contributed by atoms with Gasteiger partial charge in [-0.3, -0.25) is 4.79 Å². The summed E-state index contributed by atoms with van der Waals surface area (Å²) in [5.41, 5.74) is 7.74. The molecule has 0 aromatic heterocycles. The molecule has 0 atom stereocenters. The van der Waals surface area contributed by atoms with E-state index in [1.807, 2.05) is 13.0 Å². The Hall–Kier alpha value is -1.51. The van der Waals surface area contributed by atoms with Gasteiger partial charge in [0.15, 0.2) is 11.5 Å². The number of methoxy groups -OCH3 is 1. The highest BCUT2D eigenvalue weighted by Crippen LogP contribution is 2.29. The lowest BCUT2D eigenvalue weighted by Gasteiger charge is -2.10. The van der Waals surface area contributed by atoms with Crippen molar-refractivity contribution in [3.8, 4) is 5.75 Å². The van der Waals surface area contributed by atoms with Gasteiger partial charge in [0.25, 0.3) is 0 Å². The molecule has 1 rings (SSSR count). The maximum Gasteiger partial charge on any atom is 0.163 e. The normalized spacial score (nSPS) is 9.77. The summed E-state index contributed by atoms with van der Waals surface area (Å²) in [5, 5.41) is 0. The smallest absolute Gasteiger partial charge is 0.163 e. The van der Waals surface area contributed by atoms with Crippen molar-refractivity contribution in [2.75, 3.05) is 12.8 Å². The van der Waals surface area contributed by atoms with E-state index < -0.39 is 0 Å². The van der Waals surface area contributed by atoms with E-state index in [1.54, 1.807) is 6.07 Å². The molecule has 13 heavy (non-hydrogen) atoms. The zero-order chi connectivity index (χ0) is 10.0. The largest absolute Gasteiger partial charge is 0.494 e. The molecule has 2 N–H and O–H groups in total. The Balaban J connectivity index is 3.38. The predicted molar refractivity (Wildman–Crippen MR) is 52.1 cm³/mol. The first-order valence-electron chi connectivity index (χ1n) is 4.02. The van der Waals surface area contributed by atoms with E-state index in [2.05, 4.69) is 0 Å². The molecule has 70 valence electrons. The van der Waals surface area contributed by atoms with Crippen LogP contribution in [0.5, 0.6) is 5.75 Å². The number of ether oxygens (including phenoxy) is 1. The Labute approximate surface area is 77.5 Å². The predicted octanol–water partition coefficient (Wildman–Crippen LogP) is 1.79. The molecule has 1 aromatic carbocycles. The molecule has 0 saturated heterocycles. The van der Waals surface area contributed by atoms with Gasteiger partial charge in [-0.25, -0.2) is 0 Å². The van der Waals surface area contributed by atoms with E-state index >= 15 is 0 Å².